The van der Waals surface area contributed by atoms with Crippen LogP contribution in [0.5, 0.6) is 0 Å². The summed E-state index contributed by atoms with van der Waals surface area (Å²) in [6, 6.07) is 6.06. The van der Waals surface area contributed by atoms with Crippen molar-refractivity contribution in [2.75, 3.05) is 7.05 Å². The Hall–Kier alpha value is -1.33. The lowest BCUT2D eigenvalue weighted by atomic mass is 10.0. The van der Waals surface area contributed by atoms with Crippen LogP contribution in [0.15, 0.2) is 27.5 Å². The SMILES string of the molecule is CNCc1c(-c2cc(Br)ccc2C)[nH]n(C)c1=O. The van der Waals surface area contributed by atoms with E-state index in [4.69, 9.17) is 0 Å². The van der Waals surface area contributed by atoms with E-state index in [0.717, 1.165) is 26.9 Å². The maximum Gasteiger partial charge on any atom is 0.271 e. The van der Waals surface area contributed by atoms with E-state index >= 15 is 0 Å². The maximum absolute atomic E-state index is 12.0. The summed E-state index contributed by atoms with van der Waals surface area (Å²) in [7, 11) is 3.57. The summed E-state index contributed by atoms with van der Waals surface area (Å²) in [4.78, 5) is 12.0. The van der Waals surface area contributed by atoms with Crippen molar-refractivity contribution < 1.29 is 0 Å². The normalized spacial score (nSPS) is 10.9. The molecule has 0 unspecified atom stereocenters. The molecule has 0 atom stereocenters. The van der Waals surface area contributed by atoms with Crippen molar-refractivity contribution in [1.29, 1.82) is 0 Å². The van der Waals surface area contributed by atoms with Crippen LogP contribution in [0, 0.1) is 6.92 Å². The molecule has 1 heterocycles. The van der Waals surface area contributed by atoms with Crippen LogP contribution < -0.4 is 10.9 Å². The van der Waals surface area contributed by atoms with Crippen LogP contribution in [0.2, 0.25) is 0 Å². The zero-order chi connectivity index (χ0) is 13.3. The van der Waals surface area contributed by atoms with Gasteiger partial charge in [0.15, 0.2) is 0 Å². The van der Waals surface area contributed by atoms with Crippen LogP contribution in [0.25, 0.3) is 11.3 Å². The molecule has 0 spiro atoms. The highest BCUT2D eigenvalue weighted by Gasteiger charge is 2.15. The van der Waals surface area contributed by atoms with Gasteiger partial charge in [0.1, 0.15) is 0 Å². The molecule has 0 aliphatic heterocycles. The van der Waals surface area contributed by atoms with E-state index < -0.39 is 0 Å². The van der Waals surface area contributed by atoms with Crippen LogP contribution in [-0.2, 0) is 13.6 Å². The number of aryl methyl sites for hydroxylation is 2. The quantitative estimate of drug-likeness (QED) is 0.913. The van der Waals surface area contributed by atoms with Crippen LogP contribution >= 0.6 is 15.9 Å². The fourth-order valence-electron chi connectivity index (χ4n) is 2.02. The summed E-state index contributed by atoms with van der Waals surface area (Å²) in [5.74, 6) is 0. The van der Waals surface area contributed by atoms with Gasteiger partial charge in [-0.15, -0.1) is 0 Å². The summed E-state index contributed by atoms with van der Waals surface area (Å²) in [5.41, 5.74) is 3.85. The largest absolute Gasteiger partial charge is 0.315 e. The van der Waals surface area contributed by atoms with Crippen molar-refractivity contribution in [3.05, 3.63) is 44.2 Å². The molecule has 96 valence electrons. The predicted molar refractivity (Wildman–Crippen MR) is 76.7 cm³/mol. The molecule has 0 bridgehead atoms. The van der Waals surface area contributed by atoms with Crippen LogP contribution in [0.1, 0.15) is 11.1 Å². The lowest BCUT2D eigenvalue weighted by molar-refractivity contribution is 0.734. The maximum atomic E-state index is 12.0. The number of rotatable bonds is 3. The highest BCUT2D eigenvalue weighted by atomic mass is 79.9. The van der Waals surface area contributed by atoms with Gasteiger partial charge in [0.2, 0.25) is 0 Å². The number of halogens is 1. The number of nitrogens with one attached hydrogen (secondary N) is 2. The van der Waals surface area contributed by atoms with Gasteiger partial charge in [-0.1, -0.05) is 22.0 Å². The summed E-state index contributed by atoms with van der Waals surface area (Å²) in [6.45, 7) is 2.59. The molecule has 18 heavy (non-hydrogen) atoms. The van der Waals surface area contributed by atoms with Gasteiger partial charge >= 0.3 is 0 Å². The number of H-pyrrole nitrogens is 1. The van der Waals surface area contributed by atoms with Gasteiger partial charge in [0.25, 0.3) is 5.56 Å². The topological polar surface area (TPSA) is 49.8 Å². The van der Waals surface area contributed by atoms with E-state index in [0.29, 0.717) is 6.54 Å². The van der Waals surface area contributed by atoms with Gasteiger partial charge in [0.05, 0.1) is 11.3 Å². The molecule has 4 nitrogen and oxygen atoms in total. The molecule has 2 N–H and O–H groups in total. The number of aromatic amines is 1. The first-order valence-electron chi connectivity index (χ1n) is 5.73. The highest BCUT2D eigenvalue weighted by Crippen LogP contribution is 2.26. The van der Waals surface area contributed by atoms with Crippen molar-refractivity contribution in [1.82, 2.24) is 15.1 Å². The molecule has 0 amide bonds. The van der Waals surface area contributed by atoms with E-state index in [2.05, 4.69) is 26.3 Å². The van der Waals surface area contributed by atoms with Crippen molar-refractivity contribution in [3.63, 3.8) is 0 Å². The summed E-state index contributed by atoms with van der Waals surface area (Å²) >= 11 is 3.47. The molecule has 5 heteroatoms. The minimum absolute atomic E-state index is 0.0127. The summed E-state index contributed by atoms with van der Waals surface area (Å²) in [6.07, 6.45) is 0. The Morgan fingerprint density at radius 2 is 2.17 bits per heavy atom. The molecule has 1 aromatic carbocycles. The monoisotopic (exact) mass is 309 g/mol. The third kappa shape index (κ3) is 2.28. The Morgan fingerprint density at radius 3 is 2.83 bits per heavy atom. The standard InChI is InChI=1S/C13H16BrN3O/c1-8-4-5-9(14)6-10(8)12-11(7-15-2)13(18)17(3)16-12/h4-6,15-16H,7H2,1-3H3. The van der Waals surface area contributed by atoms with Crippen molar-refractivity contribution in [2.45, 2.75) is 13.5 Å². The Kier molecular flexibility index (Phi) is 3.73. The molecular weight excluding hydrogens is 294 g/mol. The Balaban J connectivity index is 2.67. The molecule has 0 aliphatic rings. The molecule has 0 saturated carbocycles. The fraction of sp³-hybridized carbons (Fsp3) is 0.308. The Bertz CT molecular complexity index is 628. The lowest BCUT2D eigenvalue weighted by Crippen LogP contribution is -2.19. The second-order valence-electron chi connectivity index (χ2n) is 4.32. The zero-order valence-corrected chi connectivity index (χ0v) is 12.3. The third-order valence-corrected chi connectivity index (χ3v) is 3.46. The average Bonchev–Trinajstić information content (AvgIpc) is 2.61. The van der Waals surface area contributed by atoms with E-state index in [1.54, 1.807) is 7.05 Å². The summed E-state index contributed by atoms with van der Waals surface area (Å²) < 4.78 is 2.52. The van der Waals surface area contributed by atoms with Gasteiger partial charge in [-0.3, -0.25) is 14.6 Å². The number of hydrogen-bond donors (Lipinski definition) is 2. The van der Waals surface area contributed by atoms with E-state index in [1.807, 2.05) is 32.2 Å². The summed E-state index contributed by atoms with van der Waals surface area (Å²) in [5, 5.41) is 6.16. The highest BCUT2D eigenvalue weighted by molar-refractivity contribution is 9.10. The molecule has 0 fully saturated rings. The smallest absolute Gasteiger partial charge is 0.271 e. The van der Waals surface area contributed by atoms with Gasteiger partial charge in [-0.25, -0.2) is 0 Å². The fourth-order valence-corrected chi connectivity index (χ4v) is 2.38. The average molecular weight is 310 g/mol. The second kappa shape index (κ2) is 5.12. The van der Waals surface area contributed by atoms with Crippen LogP contribution in [0.3, 0.4) is 0 Å². The Morgan fingerprint density at radius 1 is 1.44 bits per heavy atom. The predicted octanol–water partition coefficient (Wildman–Crippen LogP) is 2.17. The third-order valence-electron chi connectivity index (χ3n) is 2.97. The van der Waals surface area contributed by atoms with E-state index in [-0.39, 0.29) is 5.56 Å². The number of hydrogen-bond acceptors (Lipinski definition) is 2. The van der Waals surface area contributed by atoms with Gasteiger partial charge in [-0.2, -0.15) is 0 Å². The van der Waals surface area contributed by atoms with Gasteiger partial charge in [0, 0.05) is 23.6 Å². The molecule has 0 saturated heterocycles. The molecular formula is C13H16BrN3O. The van der Waals surface area contributed by atoms with Gasteiger partial charge in [-0.05, 0) is 31.7 Å². The van der Waals surface area contributed by atoms with Crippen molar-refractivity contribution >= 4 is 15.9 Å². The Labute approximate surface area is 114 Å². The molecule has 1 aromatic heterocycles. The molecule has 0 radical (unpaired) electrons. The number of benzene rings is 1. The number of nitrogens with zero attached hydrogens (tertiary/aromatic N) is 1. The molecule has 0 aliphatic carbocycles. The van der Waals surface area contributed by atoms with E-state index in [9.17, 15) is 4.79 Å². The van der Waals surface area contributed by atoms with E-state index in [1.165, 1.54) is 4.68 Å². The van der Waals surface area contributed by atoms with Crippen molar-refractivity contribution in [3.8, 4) is 11.3 Å². The second-order valence-corrected chi connectivity index (χ2v) is 5.23. The van der Waals surface area contributed by atoms with Crippen LogP contribution in [0.4, 0.5) is 0 Å². The lowest BCUT2D eigenvalue weighted by Gasteiger charge is -2.06. The first-order valence-corrected chi connectivity index (χ1v) is 6.53. The minimum atomic E-state index is 0.0127. The molecule has 2 rings (SSSR count). The van der Waals surface area contributed by atoms with Gasteiger partial charge < -0.3 is 5.32 Å². The van der Waals surface area contributed by atoms with Crippen molar-refractivity contribution in [2.24, 2.45) is 7.05 Å². The zero-order valence-electron chi connectivity index (χ0n) is 10.7. The van der Waals surface area contributed by atoms with Crippen LogP contribution in [-0.4, -0.2) is 16.8 Å². The first-order chi connectivity index (χ1) is 8.54. The first kappa shape index (κ1) is 13.1. The minimum Gasteiger partial charge on any atom is -0.315 e. The number of aromatic nitrogens is 2. The molecule has 2 aromatic rings.